The zero-order chi connectivity index (χ0) is 39.4. The third-order valence-electron chi connectivity index (χ3n) is 6.49. The van der Waals surface area contributed by atoms with Crippen LogP contribution in [-0.4, -0.2) is 191 Å². The molecule has 54 heavy (non-hydrogen) atoms. The minimum atomic E-state index is -3.76. The number of amides is 1. The van der Waals surface area contributed by atoms with Crippen LogP contribution in [0.25, 0.3) is 0 Å². The number of rotatable bonds is 38. The minimum Gasteiger partial charge on any atom is -0.444 e. The van der Waals surface area contributed by atoms with Crippen molar-refractivity contribution in [1.82, 2.24) is 4.90 Å². The van der Waals surface area contributed by atoms with Crippen LogP contribution in [-0.2, 0) is 71.1 Å². The topological polar surface area (TPSA) is 174 Å². The first-order valence-corrected chi connectivity index (χ1v) is 19.8. The fraction of sp³-hybridized carbons (Fsp3) is 0.806. The van der Waals surface area contributed by atoms with Crippen molar-refractivity contribution in [3.05, 3.63) is 30.3 Å². The summed E-state index contributed by atoms with van der Waals surface area (Å²) in [7, 11) is -2.09. The Balaban J connectivity index is 1.68. The van der Waals surface area contributed by atoms with E-state index in [0.717, 1.165) is 0 Å². The Labute approximate surface area is 322 Å². The van der Waals surface area contributed by atoms with E-state index in [1.165, 1.54) is 17.0 Å². The summed E-state index contributed by atoms with van der Waals surface area (Å²) in [6.07, 6.45) is -0.371. The van der Waals surface area contributed by atoms with Crippen LogP contribution in [0, 0.1) is 0 Å². The van der Waals surface area contributed by atoms with Crippen molar-refractivity contribution in [3.63, 3.8) is 0 Å². The molecule has 18 heteroatoms. The van der Waals surface area contributed by atoms with Crippen LogP contribution in [0.3, 0.4) is 0 Å². The van der Waals surface area contributed by atoms with Gasteiger partial charge in [0, 0.05) is 13.6 Å². The van der Waals surface area contributed by atoms with E-state index in [2.05, 4.69) is 0 Å². The molecule has 0 aromatic heterocycles. The largest absolute Gasteiger partial charge is 0.444 e. The SMILES string of the molecule is CN(CCOCCOCCOCCOCCOCCOCCOCCOCCOCCOCCOCCOS(=O)(=O)c1ccccc1)C(=O)OC(C)(C)C. The van der Waals surface area contributed by atoms with Crippen molar-refractivity contribution in [1.29, 1.82) is 0 Å². The summed E-state index contributed by atoms with van der Waals surface area (Å²) in [4.78, 5) is 13.5. The number of likely N-dealkylation sites (N-methyl/N-ethyl adjacent to an activating group) is 1. The van der Waals surface area contributed by atoms with E-state index in [4.69, 9.17) is 61.0 Å². The molecule has 0 spiro atoms. The van der Waals surface area contributed by atoms with Gasteiger partial charge in [-0.2, -0.15) is 8.42 Å². The Hall–Kier alpha value is -2.04. The van der Waals surface area contributed by atoms with E-state index in [0.29, 0.717) is 145 Å². The lowest BCUT2D eigenvalue weighted by Gasteiger charge is -2.24. The van der Waals surface area contributed by atoms with Crippen LogP contribution in [0.15, 0.2) is 35.2 Å². The minimum absolute atomic E-state index is 0.0642. The summed E-state index contributed by atoms with van der Waals surface area (Å²) in [5, 5.41) is 0. The number of hydrogen-bond acceptors (Lipinski definition) is 16. The van der Waals surface area contributed by atoms with Crippen molar-refractivity contribution < 1.29 is 74.2 Å². The van der Waals surface area contributed by atoms with Gasteiger partial charge in [0.2, 0.25) is 0 Å². The van der Waals surface area contributed by atoms with Crippen molar-refractivity contribution in [2.75, 3.05) is 166 Å². The van der Waals surface area contributed by atoms with Crippen molar-refractivity contribution >= 4 is 16.2 Å². The zero-order valence-electron chi connectivity index (χ0n) is 32.7. The maximum atomic E-state index is 12.0. The highest BCUT2D eigenvalue weighted by molar-refractivity contribution is 7.86. The molecular formula is C36H65NO16S. The van der Waals surface area contributed by atoms with Gasteiger partial charge in [-0.1, -0.05) is 18.2 Å². The van der Waals surface area contributed by atoms with Crippen molar-refractivity contribution in [2.45, 2.75) is 31.3 Å². The molecule has 0 heterocycles. The molecule has 316 valence electrons. The van der Waals surface area contributed by atoms with E-state index in [1.807, 2.05) is 20.8 Å². The van der Waals surface area contributed by atoms with Gasteiger partial charge in [-0.25, -0.2) is 4.79 Å². The van der Waals surface area contributed by atoms with Crippen molar-refractivity contribution in [3.8, 4) is 0 Å². The monoisotopic (exact) mass is 799 g/mol. The highest BCUT2D eigenvalue weighted by atomic mass is 32.2. The molecule has 0 fully saturated rings. The normalized spacial score (nSPS) is 12.0. The molecule has 0 aliphatic heterocycles. The summed E-state index contributed by atoms with van der Waals surface area (Å²) < 4.78 is 94.2. The zero-order valence-corrected chi connectivity index (χ0v) is 33.6. The molecule has 17 nitrogen and oxygen atoms in total. The number of nitrogens with zero attached hydrogens (tertiary/aromatic N) is 1. The Morgan fingerprint density at radius 1 is 0.481 bits per heavy atom. The summed E-state index contributed by atoms with van der Waals surface area (Å²) in [5.74, 6) is 0. The molecule has 0 atom stereocenters. The Kier molecular flexibility index (Phi) is 31.7. The molecule has 0 saturated carbocycles. The molecular weight excluding hydrogens is 734 g/mol. The summed E-state index contributed by atoms with van der Waals surface area (Å²) in [6.45, 7) is 15.4. The van der Waals surface area contributed by atoms with Gasteiger partial charge < -0.3 is 61.7 Å². The quantitative estimate of drug-likeness (QED) is 0.0704. The van der Waals surface area contributed by atoms with Gasteiger partial charge in [-0.15, -0.1) is 0 Å². The van der Waals surface area contributed by atoms with E-state index >= 15 is 0 Å². The first kappa shape index (κ1) is 50.0. The van der Waals surface area contributed by atoms with E-state index in [1.54, 1.807) is 25.2 Å². The second kappa shape index (κ2) is 34.2. The lowest BCUT2D eigenvalue weighted by Crippen LogP contribution is -2.36. The fourth-order valence-corrected chi connectivity index (χ4v) is 4.71. The van der Waals surface area contributed by atoms with Crippen LogP contribution in [0.5, 0.6) is 0 Å². The second-order valence-corrected chi connectivity index (χ2v) is 13.8. The smallest absolute Gasteiger partial charge is 0.410 e. The van der Waals surface area contributed by atoms with Gasteiger partial charge in [-0.3, -0.25) is 4.18 Å². The summed E-state index contributed by atoms with van der Waals surface area (Å²) in [5.41, 5.74) is -0.518. The van der Waals surface area contributed by atoms with Crippen LogP contribution in [0.2, 0.25) is 0 Å². The highest BCUT2D eigenvalue weighted by Crippen LogP contribution is 2.11. The average molecular weight is 800 g/mol. The average Bonchev–Trinajstić information content (AvgIpc) is 3.14. The maximum absolute atomic E-state index is 12.0. The van der Waals surface area contributed by atoms with Gasteiger partial charge in [0.1, 0.15) is 5.60 Å². The predicted molar refractivity (Wildman–Crippen MR) is 197 cm³/mol. The molecule has 1 rings (SSSR count). The standard InChI is InChI=1S/C36H65NO16S/c1-36(2,3)53-35(38)37(4)10-11-41-12-13-42-14-15-43-16-17-44-18-19-45-20-21-46-22-23-47-24-25-48-26-27-49-28-29-50-30-31-51-32-33-52-54(39,40)34-8-6-5-7-9-34/h5-9H,10-33H2,1-4H3. The van der Waals surface area contributed by atoms with Gasteiger partial charge in [-0.05, 0) is 32.9 Å². The van der Waals surface area contributed by atoms with E-state index in [-0.39, 0.29) is 24.2 Å². The molecule has 0 N–H and O–H groups in total. The molecule has 1 amide bonds. The maximum Gasteiger partial charge on any atom is 0.410 e. The fourth-order valence-electron chi connectivity index (χ4n) is 3.79. The molecule has 0 aliphatic carbocycles. The van der Waals surface area contributed by atoms with Crippen LogP contribution in [0.4, 0.5) is 4.79 Å². The lowest BCUT2D eigenvalue weighted by molar-refractivity contribution is -0.0279. The van der Waals surface area contributed by atoms with E-state index in [9.17, 15) is 13.2 Å². The first-order chi connectivity index (χ1) is 26.1. The van der Waals surface area contributed by atoms with Gasteiger partial charge in [0.15, 0.2) is 0 Å². The number of carbonyl (C=O) groups is 1. The second-order valence-electron chi connectivity index (χ2n) is 12.2. The number of ether oxygens (including phenoxy) is 12. The summed E-state index contributed by atoms with van der Waals surface area (Å²) in [6, 6.07) is 7.97. The van der Waals surface area contributed by atoms with Crippen LogP contribution >= 0.6 is 0 Å². The molecule has 0 saturated heterocycles. The molecule has 0 unspecified atom stereocenters. The van der Waals surface area contributed by atoms with Crippen LogP contribution < -0.4 is 0 Å². The third-order valence-corrected chi connectivity index (χ3v) is 7.82. The molecule has 1 aromatic rings. The Bertz CT molecular complexity index is 1090. The Morgan fingerprint density at radius 2 is 0.759 bits per heavy atom. The number of hydrogen-bond donors (Lipinski definition) is 0. The van der Waals surface area contributed by atoms with Crippen molar-refractivity contribution in [2.24, 2.45) is 0 Å². The van der Waals surface area contributed by atoms with E-state index < -0.39 is 15.7 Å². The lowest BCUT2D eigenvalue weighted by atomic mass is 10.2. The van der Waals surface area contributed by atoms with Gasteiger partial charge >= 0.3 is 6.09 Å². The number of benzene rings is 1. The molecule has 1 aromatic carbocycles. The highest BCUT2D eigenvalue weighted by Gasteiger charge is 2.19. The Morgan fingerprint density at radius 3 is 1.06 bits per heavy atom. The summed E-state index contributed by atoms with van der Waals surface area (Å²) >= 11 is 0. The third kappa shape index (κ3) is 32.2. The molecule has 0 bridgehead atoms. The molecule has 0 radical (unpaired) electrons. The van der Waals surface area contributed by atoms with Gasteiger partial charge in [0.05, 0.1) is 157 Å². The van der Waals surface area contributed by atoms with Gasteiger partial charge in [0.25, 0.3) is 10.1 Å². The predicted octanol–water partition coefficient (Wildman–Crippen LogP) is 2.44. The van der Waals surface area contributed by atoms with Crippen LogP contribution in [0.1, 0.15) is 20.8 Å². The number of carbonyl (C=O) groups excluding carboxylic acids is 1. The molecule has 0 aliphatic rings. The first-order valence-electron chi connectivity index (χ1n) is 18.4.